The van der Waals surface area contributed by atoms with E-state index in [1.54, 1.807) is 12.1 Å². The average molecular weight is 370 g/mol. The van der Waals surface area contributed by atoms with Crippen molar-refractivity contribution in [2.24, 2.45) is 5.41 Å². The Morgan fingerprint density at radius 2 is 1.93 bits per heavy atom. The molecule has 4 nitrogen and oxygen atoms in total. The quantitative estimate of drug-likeness (QED) is 0.699. The van der Waals surface area contributed by atoms with Crippen LogP contribution >= 0.6 is 0 Å². The summed E-state index contributed by atoms with van der Waals surface area (Å²) < 4.78 is 0. The zero-order valence-corrected chi connectivity index (χ0v) is 16.9. The first-order chi connectivity index (χ1) is 12.7. The topological polar surface area (TPSA) is 57.6 Å². The maximum absolute atomic E-state index is 12.2. The molecule has 1 N–H and O–H groups in total. The third-order valence-electron chi connectivity index (χ3n) is 4.74. The number of aromatic carboxylic acids is 1. The van der Waals surface area contributed by atoms with Gasteiger partial charge in [-0.05, 0) is 49.3 Å². The minimum absolute atomic E-state index is 0.148. The second-order valence-electron chi connectivity index (χ2n) is 8.58. The van der Waals surface area contributed by atoms with E-state index < -0.39 is 5.97 Å². The van der Waals surface area contributed by atoms with E-state index in [0.29, 0.717) is 13.0 Å². The number of hydrogen-bond acceptors (Lipinski definition) is 2. The molecule has 0 spiro atoms. The number of benzene rings is 1. The van der Waals surface area contributed by atoms with Crippen molar-refractivity contribution in [1.29, 1.82) is 0 Å². The van der Waals surface area contributed by atoms with Gasteiger partial charge in [-0.15, -0.1) is 0 Å². The van der Waals surface area contributed by atoms with Crippen LogP contribution in [-0.2, 0) is 11.2 Å². The monoisotopic (exact) mass is 369 g/mol. The number of carboxylic acids is 1. The summed E-state index contributed by atoms with van der Waals surface area (Å²) in [5, 5.41) is 8.97. The molecular formula is C23H31NO3. The lowest BCUT2D eigenvalue weighted by Crippen LogP contribution is -2.33. The van der Waals surface area contributed by atoms with E-state index in [-0.39, 0.29) is 22.9 Å². The third-order valence-corrected chi connectivity index (χ3v) is 4.74. The van der Waals surface area contributed by atoms with Crippen LogP contribution in [0.15, 0.2) is 48.1 Å². The zero-order valence-electron chi connectivity index (χ0n) is 16.9. The molecule has 0 saturated carbocycles. The summed E-state index contributed by atoms with van der Waals surface area (Å²) >= 11 is 0. The molecule has 146 valence electrons. The molecule has 1 aromatic carbocycles. The van der Waals surface area contributed by atoms with E-state index in [1.165, 1.54) is 5.57 Å². The number of amides is 1. The molecule has 1 fully saturated rings. The van der Waals surface area contributed by atoms with Crippen LogP contribution in [0, 0.1) is 5.41 Å². The lowest BCUT2D eigenvalue weighted by Gasteiger charge is -2.22. The summed E-state index contributed by atoms with van der Waals surface area (Å²) in [6.45, 7) is 9.50. The number of allylic oxidation sites excluding steroid dienone is 3. The molecule has 1 saturated heterocycles. The maximum atomic E-state index is 12.2. The lowest BCUT2D eigenvalue weighted by atomic mass is 9.88. The Balaban J connectivity index is 1.94. The molecule has 1 aliphatic heterocycles. The van der Waals surface area contributed by atoms with Crippen LogP contribution in [0.25, 0.3) is 0 Å². The molecule has 1 atom stereocenters. The Bertz CT molecular complexity index is 723. The van der Waals surface area contributed by atoms with E-state index in [9.17, 15) is 9.59 Å². The molecule has 0 aromatic heterocycles. The number of carbonyl (C=O) groups excluding carboxylic acids is 1. The maximum Gasteiger partial charge on any atom is 0.335 e. The second-order valence-corrected chi connectivity index (χ2v) is 8.58. The van der Waals surface area contributed by atoms with Crippen LogP contribution < -0.4 is 0 Å². The molecule has 4 heteroatoms. The fraction of sp³-hybridized carbons (Fsp3) is 0.478. The molecule has 27 heavy (non-hydrogen) atoms. The number of likely N-dealkylation sites (tertiary alicyclic amines) is 1. The molecular weight excluding hydrogens is 338 g/mol. The van der Waals surface area contributed by atoms with Gasteiger partial charge < -0.3 is 10.0 Å². The van der Waals surface area contributed by atoms with Gasteiger partial charge in [0.05, 0.1) is 11.6 Å². The molecule has 0 bridgehead atoms. The van der Waals surface area contributed by atoms with Crippen molar-refractivity contribution in [2.45, 2.75) is 59.4 Å². The van der Waals surface area contributed by atoms with Crippen LogP contribution in [0.4, 0.5) is 0 Å². The van der Waals surface area contributed by atoms with Crippen molar-refractivity contribution >= 4 is 11.9 Å². The van der Waals surface area contributed by atoms with Crippen LogP contribution in [-0.4, -0.2) is 34.5 Å². The summed E-state index contributed by atoms with van der Waals surface area (Å²) in [5.41, 5.74) is 2.95. The Hall–Kier alpha value is -2.36. The Morgan fingerprint density at radius 3 is 2.52 bits per heavy atom. The predicted molar refractivity (Wildman–Crippen MR) is 109 cm³/mol. The fourth-order valence-electron chi connectivity index (χ4n) is 3.55. The summed E-state index contributed by atoms with van der Waals surface area (Å²) in [5.74, 6) is -0.724. The van der Waals surface area contributed by atoms with Gasteiger partial charge in [0.1, 0.15) is 0 Å². The molecule has 2 rings (SSSR count). The van der Waals surface area contributed by atoms with Gasteiger partial charge in [0.2, 0.25) is 5.91 Å². The number of rotatable bonds is 7. The molecule has 1 aliphatic rings. The van der Waals surface area contributed by atoms with E-state index >= 15 is 0 Å². The van der Waals surface area contributed by atoms with Gasteiger partial charge in [0.25, 0.3) is 0 Å². The van der Waals surface area contributed by atoms with Crippen molar-refractivity contribution in [3.05, 3.63) is 59.2 Å². The van der Waals surface area contributed by atoms with Gasteiger partial charge in [-0.3, -0.25) is 4.79 Å². The second kappa shape index (κ2) is 9.03. The van der Waals surface area contributed by atoms with E-state index in [2.05, 4.69) is 45.9 Å². The first kappa shape index (κ1) is 20.9. The molecule has 1 amide bonds. The highest BCUT2D eigenvalue weighted by molar-refractivity contribution is 5.87. The highest BCUT2D eigenvalue weighted by atomic mass is 16.4. The molecule has 0 aliphatic carbocycles. The van der Waals surface area contributed by atoms with Gasteiger partial charge in [-0.2, -0.15) is 0 Å². The minimum Gasteiger partial charge on any atom is -0.478 e. The van der Waals surface area contributed by atoms with Gasteiger partial charge >= 0.3 is 5.97 Å². The van der Waals surface area contributed by atoms with Gasteiger partial charge in [-0.1, -0.05) is 56.7 Å². The summed E-state index contributed by atoms with van der Waals surface area (Å²) in [6, 6.07) is 7.03. The van der Waals surface area contributed by atoms with E-state index in [1.807, 2.05) is 17.0 Å². The number of carboxylic acid groups (broad SMARTS) is 1. The minimum atomic E-state index is -0.920. The van der Waals surface area contributed by atoms with Crippen LogP contribution in [0.3, 0.4) is 0 Å². The molecule has 0 radical (unpaired) electrons. The Morgan fingerprint density at radius 1 is 1.26 bits per heavy atom. The van der Waals surface area contributed by atoms with E-state index in [4.69, 9.17) is 5.11 Å². The average Bonchev–Trinajstić information content (AvgIpc) is 2.92. The van der Waals surface area contributed by atoms with Crippen LogP contribution in [0.1, 0.15) is 62.9 Å². The largest absolute Gasteiger partial charge is 0.478 e. The smallest absolute Gasteiger partial charge is 0.335 e. The number of carbonyl (C=O) groups is 2. The number of nitrogens with zero attached hydrogens (tertiary/aromatic N) is 1. The first-order valence-corrected chi connectivity index (χ1v) is 9.61. The Kier molecular flexibility index (Phi) is 7.00. The lowest BCUT2D eigenvalue weighted by molar-refractivity contribution is -0.128. The van der Waals surface area contributed by atoms with Crippen molar-refractivity contribution in [1.82, 2.24) is 4.90 Å². The standard InChI is InChI=1S/C23H31NO3/c1-17(16-23(2,3)4)6-5-7-20-12-13-21(25)24(20)15-14-18-8-10-19(11-9-18)22(26)27/h5-11,20H,12-16H2,1-4H3,(H,26,27)/b7-5+,17-6+/t20-/m0/s1. The Labute approximate surface area is 162 Å². The summed E-state index contributed by atoms with van der Waals surface area (Å²) in [6.07, 6.45) is 9.60. The van der Waals surface area contributed by atoms with Crippen LogP contribution in [0.2, 0.25) is 0 Å². The van der Waals surface area contributed by atoms with Crippen molar-refractivity contribution in [3.8, 4) is 0 Å². The summed E-state index contributed by atoms with van der Waals surface area (Å²) in [4.78, 5) is 25.1. The SMILES string of the molecule is C/C(=C\C=C\[C@H]1CCC(=O)N1CCc1ccc(C(=O)O)cc1)CC(C)(C)C. The van der Waals surface area contributed by atoms with Crippen molar-refractivity contribution < 1.29 is 14.7 Å². The first-order valence-electron chi connectivity index (χ1n) is 9.61. The summed E-state index contributed by atoms with van der Waals surface area (Å²) in [7, 11) is 0. The molecule has 1 heterocycles. The van der Waals surface area contributed by atoms with Crippen molar-refractivity contribution in [3.63, 3.8) is 0 Å². The van der Waals surface area contributed by atoms with Crippen LogP contribution in [0.5, 0.6) is 0 Å². The molecule has 0 unspecified atom stereocenters. The van der Waals surface area contributed by atoms with Gasteiger partial charge in [0.15, 0.2) is 0 Å². The van der Waals surface area contributed by atoms with E-state index in [0.717, 1.165) is 24.8 Å². The third kappa shape index (κ3) is 6.70. The normalized spacial score (nSPS) is 18.5. The van der Waals surface area contributed by atoms with Crippen molar-refractivity contribution in [2.75, 3.05) is 6.54 Å². The highest BCUT2D eigenvalue weighted by Crippen LogP contribution is 2.24. The fourth-order valence-corrected chi connectivity index (χ4v) is 3.55. The molecule has 1 aromatic rings. The number of hydrogen-bond donors (Lipinski definition) is 1. The van der Waals surface area contributed by atoms with Gasteiger partial charge in [0, 0.05) is 13.0 Å². The highest BCUT2D eigenvalue weighted by Gasteiger charge is 2.28. The zero-order chi connectivity index (χ0) is 20.0. The predicted octanol–water partition coefficient (Wildman–Crippen LogP) is 4.86. The van der Waals surface area contributed by atoms with Gasteiger partial charge in [-0.25, -0.2) is 4.79 Å².